The van der Waals surface area contributed by atoms with E-state index in [2.05, 4.69) is 19.2 Å². The number of benzene rings is 3. The molecule has 0 fully saturated rings. The fraction of sp³-hybridized carbons (Fsp3) is 0.387. The summed E-state index contributed by atoms with van der Waals surface area (Å²) in [6.45, 7) is 11.4. The Labute approximate surface area is 238 Å². The predicted octanol–water partition coefficient (Wildman–Crippen LogP) is 5.83. The van der Waals surface area contributed by atoms with Gasteiger partial charge in [-0.3, -0.25) is 9.10 Å². The number of nitrogens with zero attached hydrogens (tertiary/aromatic N) is 1. The lowest BCUT2D eigenvalue weighted by Crippen LogP contribution is -2.41. The van der Waals surface area contributed by atoms with Crippen LogP contribution in [0.3, 0.4) is 0 Å². The normalized spacial score (nSPS) is 12.2. The van der Waals surface area contributed by atoms with Gasteiger partial charge in [0.15, 0.2) is 11.5 Å². The van der Waals surface area contributed by atoms with Gasteiger partial charge >= 0.3 is 0 Å². The summed E-state index contributed by atoms with van der Waals surface area (Å²) in [6.07, 6.45) is 0. The standard InChI is InChI=1S/C31H40N2O6S/c1-19(2)26-17-27(22(5)15-29(26)38-8)23(6)32-31(34)18-33(24-13-20(3)12-21(4)14-24)40(35,36)25-10-11-28(37-7)30(16-25)39-9/h10-17,19,23H,18H2,1-9H3,(H,32,34)/t23-/m0/s1. The first kappa shape index (κ1) is 30.8. The molecular formula is C31H40N2O6S. The molecule has 0 radical (unpaired) electrons. The van der Waals surface area contributed by atoms with Crippen LogP contribution in [-0.2, 0) is 14.8 Å². The number of rotatable bonds is 11. The number of amides is 1. The summed E-state index contributed by atoms with van der Waals surface area (Å²) in [4.78, 5) is 13.4. The van der Waals surface area contributed by atoms with Crippen molar-refractivity contribution in [2.75, 3.05) is 32.2 Å². The van der Waals surface area contributed by atoms with E-state index < -0.39 is 22.5 Å². The molecule has 0 spiro atoms. The lowest BCUT2D eigenvalue weighted by atomic mass is 9.93. The van der Waals surface area contributed by atoms with Crippen molar-refractivity contribution in [2.24, 2.45) is 0 Å². The fourth-order valence-corrected chi connectivity index (χ4v) is 6.24. The van der Waals surface area contributed by atoms with Crippen molar-refractivity contribution in [2.45, 2.75) is 58.4 Å². The molecule has 1 N–H and O–H groups in total. The van der Waals surface area contributed by atoms with Crippen LogP contribution in [0.25, 0.3) is 0 Å². The number of ether oxygens (including phenoxy) is 3. The van der Waals surface area contributed by atoms with Gasteiger partial charge in [-0.2, -0.15) is 0 Å². The van der Waals surface area contributed by atoms with Crippen molar-refractivity contribution in [1.82, 2.24) is 5.32 Å². The number of carbonyl (C=O) groups excluding carboxylic acids is 1. The molecular weight excluding hydrogens is 528 g/mol. The van der Waals surface area contributed by atoms with Gasteiger partial charge in [0, 0.05) is 6.07 Å². The zero-order chi connectivity index (χ0) is 29.8. The number of anilines is 1. The van der Waals surface area contributed by atoms with Gasteiger partial charge in [-0.15, -0.1) is 0 Å². The van der Waals surface area contributed by atoms with Crippen LogP contribution in [0.5, 0.6) is 17.2 Å². The average molecular weight is 569 g/mol. The summed E-state index contributed by atoms with van der Waals surface area (Å²) in [5.74, 6) is 1.28. The number of hydrogen-bond donors (Lipinski definition) is 1. The van der Waals surface area contributed by atoms with Gasteiger partial charge in [-0.05, 0) is 97.8 Å². The summed E-state index contributed by atoms with van der Waals surface area (Å²) in [5, 5.41) is 3.00. The maximum Gasteiger partial charge on any atom is 0.264 e. The van der Waals surface area contributed by atoms with Gasteiger partial charge in [0.25, 0.3) is 10.0 Å². The quantitative estimate of drug-likeness (QED) is 0.313. The highest BCUT2D eigenvalue weighted by atomic mass is 32.2. The van der Waals surface area contributed by atoms with Crippen molar-refractivity contribution in [3.05, 3.63) is 76.3 Å². The van der Waals surface area contributed by atoms with E-state index in [9.17, 15) is 13.2 Å². The zero-order valence-electron chi connectivity index (χ0n) is 24.8. The summed E-state index contributed by atoms with van der Waals surface area (Å²) in [6, 6.07) is 13.5. The van der Waals surface area contributed by atoms with E-state index in [1.807, 2.05) is 45.9 Å². The highest BCUT2D eigenvalue weighted by Gasteiger charge is 2.29. The number of hydrogen-bond acceptors (Lipinski definition) is 6. The van der Waals surface area contributed by atoms with Crippen LogP contribution in [0.15, 0.2) is 53.4 Å². The summed E-state index contributed by atoms with van der Waals surface area (Å²) in [7, 11) is 0.411. The number of aryl methyl sites for hydroxylation is 3. The second-order valence-corrected chi connectivity index (χ2v) is 12.1. The third-order valence-corrected chi connectivity index (χ3v) is 8.58. The van der Waals surface area contributed by atoms with Gasteiger partial charge in [0.2, 0.25) is 5.91 Å². The minimum absolute atomic E-state index is 0.0160. The maximum atomic E-state index is 14.0. The lowest BCUT2D eigenvalue weighted by Gasteiger charge is -2.27. The summed E-state index contributed by atoms with van der Waals surface area (Å²) >= 11 is 0. The van der Waals surface area contributed by atoms with E-state index in [-0.39, 0.29) is 22.6 Å². The molecule has 0 aliphatic carbocycles. The highest BCUT2D eigenvalue weighted by molar-refractivity contribution is 7.92. The lowest BCUT2D eigenvalue weighted by molar-refractivity contribution is -0.120. The Morgan fingerprint density at radius 2 is 1.40 bits per heavy atom. The first-order chi connectivity index (χ1) is 18.8. The van der Waals surface area contributed by atoms with Crippen molar-refractivity contribution >= 4 is 21.6 Å². The minimum atomic E-state index is -4.16. The van der Waals surface area contributed by atoms with Crippen molar-refractivity contribution in [3.63, 3.8) is 0 Å². The zero-order valence-corrected chi connectivity index (χ0v) is 25.6. The smallest absolute Gasteiger partial charge is 0.264 e. The third kappa shape index (κ3) is 6.70. The summed E-state index contributed by atoms with van der Waals surface area (Å²) < 4.78 is 45.3. The Morgan fingerprint density at radius 1 is 0.800 bits per heavy atom. The largest absolute Gasteiger partial charge is 0.496 e. The Hall–Kier alpha value is -3.72. The maximum absolute atomic E-state index is 14.0. The van der Waals surface area contributed by atoms with E-state index in [4.69, 9.17) is 14.2 Å². The number of methoxy groups -OCH3 is 3. The SMILES string of the molecule is COc1ccc(S(=O)(=O)N(CC(=O)N[C@@H](C)c2cc(C(C)C)c(OC)cc2C)c2cc(C)cc(C)c2)cc1OC. The molecule has 3 rings (SSSR count). The molecule has 0 unspecified atom stereocenters. The molecule has 9 heteroatoms. The van der Waals surface area contributed by atoms with E-state index >= 15 is 0 Å². The highest BCUT2D eigenvalue weighted by Crippen LogP contribution is 2.34. The van der Waals surface area contributed by atoms with Crippen LogP contribution in [0.2, 0.25) is 0 Å². The van der Waals surface area contributed by atoms with E-state index in [1.165, 1.54) is 32.4 Å². The molecule has 0 saturated heterocycles. The van der Waals surface area contributed by atoms with Gasteiger partial charge in [-0.1, -0.05) is 19.9 Å². The van der Waals surface area contributed by atoms with Gasteiger partial charge < -0.3 is 19.5 Å². The molecule has 0 heterocycles. The van der Waals surface area contributed by atoms with E-state index in [0.717, 1.165) is 37.9 Å². The van der Waals surface area contributed by atoms with E-state index in [1.54, 1.807) is 19.2 Å². The molecule has 40 heavy (non-hydrogen) atoms. The second-order valence-electron chi connectivity index (χ2n) is 10.3. The topological polar surface area (TPSA) is 94.2 Å². The Morgan fingerprint density at radius 3 is 1.95 bits per heavy atom. The first-order valence-electron chi connectivity index (χ1n) is 13.1. The van der Waals surface area contributed by atoms with E-state index in [0.29, 0.717) is 11.4 Å². The molecule has 3 aromatic rings. The molecule has 0 aliphatic rings. The Kier molecular flexibility index (Phi) is 9.73. The molecule has 0 aliphatic heterocycles. The van der Waals surface area contributed by atoms with Crippen molar-refractivity contribution in [3.8, 4) is 17.2 Å². The van der Waals surface area contributed by atoms with Gasteiger partial charge in [0.05, 0.1) is 38.0 Å². The Balaban J connectivity index is 2.00. The fourth-order valence-electron chi connectivity index (χ4n) is 4.82. The minimum Gasteiger partial charge on any atom is -0.496 e. The molecule has 0 aromatic heterocycles. The molecule has 3 aromatic carbocycles. The Bertz CT molecular complexity index is 1460. The van der Waals surface area contributed by atoms with Crippen LogP contribution in [0.4, 0.5) is 5.69 Å². The second kappa shape index (κ2) is 12.6. The monoisotopic (exact) mass is 568 g/mol. The van der Waals surface area contributed by atoms with Crippen LogP contribution < -0.4 is 23.8 Å². The van der Waals surface area contributed by atoms with Crippen LogP contribution >= 0.6 is 0 Å². The molecule has 1 atom stereocenters. The van der Waals surface area contributed by atoms with Crippen molar-refractivity contribution in [1.29, 1.82) is 0 Å². The van der Waals surface area contributed by atoms with Crippen LogP contribution in [0.1, 0.15) is 60.5 Å². The number of nitrogens with one attached hydrogen (secondary N) is 1. The van der Waals surface area contributed by atoms with Crippen molar-refractivity contribution < 1.29 is 27.4 Å². The predicted molar refractivity (Wildman–Crippen MR) is 158 cm³/mol. The molecule has 1 amide bonds. The first-order valence-corrected chi connectivity index (χ1v) is 14.6. The molecule has 0 saturated carbocycles. The van der Waals surface area contributed by atoms with Crippen LogP contribution in [0, 0.1) is 20.8 Å². The number of sulfonamides is 1. The molecule has 216 valence electrons. The summed E-state index contributed by atoms with van der Waals surface area (Å²) in [5.41, 5.74) is 5.12. The van der Waals surface area contributed by atoms with Gasteiger partial charge in [-0.25, -0.2) is 8.42 Å². The average Bonchev–Trinajstić information content (AvgIpc) is 2.89. The third-order valence-electron chi connectivity index (χ3n) is 6.81. The number of carbonyl (C=O) groups is 1. The van der Waals surface area contributed by atoms with Gasteiger partial charge in [0.1, 0.15) is 12.3 Å². The van der Waals surface area contributed by atoms with Crippen LogP contribution in [-0.4, -0.2) is 42.2 Å². The molecule has 0 bridgehead atoms. The molecule has 8 nitrogen and oxygen atoms in total.